The summed E-state index contributed by atoms with van der Waals surface area (Å²) in [6.45, 7) is -1.18. The van der Waals surface area contributed by atoms with Crippen LogP contribution in [0.5, 0.6) is 0 Å². The van der Waals surface area contributed by atoms with Crippen LogP contribution in [0.1, 0.15) is 23.3 Å². The van der Waals surface area contributed by atoms with Gasteiger partial charge in [-0.15, -0.1) is 0 Å². The predicted octanol–water partition coefficient (Wildman–Crippen LogP) is 1.30. The first kappa shape index (κ1) is 12.9. The van der Waals surface area contributed by atoms with E-state index in [-0.39, 0.29) is 11.7 Å². The van der Waals surface area contributed by atoms with Gasteiger partial charge in [-0.1, -0.05) is 0 Å². The van der Waals surface area contributed by atoms with Crippen molar-refractivity contribution >= 4 is 5.91 Å². The summed E-state index contributed by atoms with van der Waals surface area (Å²) in [5.74, 6) is -0.541. The van der Waals surface area contributed by atoms with Crippen molar-refractivity contribution in [2.75, 3.05) is 0 Å². The lowest BCUT2D eigenvalue weighted by Crippen LogP contribution is -2.47. The molecule has 0 spiro atoms. The molecule has 1 aliphatic carbocycles. The number of alkyl halides is 3. The van der Waals surface area contributed by atoms with Gasteiger partial charge in [-0.3, -0.25) is 4.79 Å². The molecule has 1 fully saturated rings. The summed E-state index contributed by atoms with van der Waals surface area (Å²) in [6.07, 6.45) is -2.66. The van der Waals surface area contributed by atoms with Gasteiger partial charge in [-0.25, -0.2) is 0 Å². The number of rotatable bonds is 3. The molecule has 1 aromatic rings. The third-order valence-electron chi connectivity index (χ3n) is 2.86. The molecular formula is C11H13F3N2O2. The van der Waals surface area contributed by atoms with Crippen LogP contribution in [0, 0.1) is 0 Å². The molecule has 1 heterocycles. The van der Waals surface area contributed by atoms with E-state index >= 15 is 0 Å². The zero-order valence-corrected chi connectivity index (χ0v) is 9.44. The predicted molar refractivity (Wildman–Crippen MR) is 57.0 cm³/mol. The van der Waals surface area contributed by atoms with Crippen LogP contribution in [0.3, 0.4) is 0 Å². The molecule has 0 bridgehead atoms. The lowest BCUT2D eigenvalue weighted by atomic mass is 9.89. The Bertz CT molecular complexity index is 436. The fourth-order valence-electron chi connectivity index (χ4n) is 1.92. The van der Waals surface area contributed by atoms with Crippen molar-refractivity contribution in [2.24, 2.45) is 0 Å². The van der Waals surface area contributed by atoms with Gasteiger partial charge in [0.2, 0.25) is 0 Å². The minimum Gasteiger partial charge on any atom is -0.393 e. The van der Waals surface area contributed by atoms with Crippen LogP contribution in [0.4, 0.5) is 13.2 Å². The lowest BCUT2D eigenvalue weighted by molar-refractivity contribution is -0.140. The van der Waals surface area contributed by atoms with Crippen molar-refractivity contribution in [2.45, 2.75) is 37.7 Å². The van der Waals surface area contributed by atoms with Gasteiger partial charge in [-0.05, 0) is 25.0 Å². The summed E-state index contributed by atoms with van der Waals surface area (Å²) < 4.78 is 37.7. The van der Waals surface area contributed by atoms with Crippen LogP contribution in [0.2, 0.25) is 0 Å². The number of aromatic nitrogens is 1. The van der Waals surface area contributed by atoms with Gasteiger partial charge >= 0.3 is 6.18 Å². The van der Waals surface area contributed by atoms with E-state index in [9.17, 15) is 18.0 Å². The average molecular weight is 262 g/mol. The molecule has 0 atom stereocenters. The lowest BCUT2D eigenvalue weighted by Gasteiger charge is -2.32. The molecule has 0 radical (unpaired) electrons. The second kappa shape index (κ2) is 4.64. The van der Waals surface area contributed by atoms with Crippen LogP contribution in [0.25, 0.3) is 0 Å². The van der Waals surface area contributed by atoms with Gasteiger partial charge in [0.05, 0.1) is 6.10 Å². The highest BCUT2D eigenvalue weighted by Crippen LogP contribution is 2.21. The maximum atomic E-state index is 12.3. The molecule has 1 amide bonds. The summed E-state index contributed by atoms with van der Waals surface area (Å²) in [5.41, 5.74) is -0.0197. The van der Waals surface area contributed by atoms with E-state index in [0.29, 0.717) is 12.8 Å². The molecule has 0 aromatic carbocycles. The van der Waals surface area contributed by atoms with E-state index in [1.54, 1.807) is 0 Å². The quantitative estimate of drug-likeness (QED) is 0.862. The van der Waals surface area contributed by atoms with Gasteiger partial charge in [0.15, 0.2) is 0 Å². The van der Waals surface area contributed by atoms with Crippen LogP contribution in [-0.4, -0.2) is 33.9 Å². The van der Waals surface area contributed by atoms with Gasteiger partial charge in [0, 0.05) is 12.2 Å². The normalized spacial score (nSPS) is 23.6. The van der Waals surface area contributed by atoms with E-state index in [0.717, 1.165) is 4.57 Å². The molecule has 1 aromatic heterocycles. The average Bonchev–Trinajstić information content (AvgIpc) is 2.60. The number of amides is 1. The highest BCUT2D eigenvalue weighted by molar-refractivity contribution is 5.93. The van der Waals surface area contributed by atoms with Crippen LogP contribution in [-0.2, 0) is 6.54 Å². The fraction of sp³-hybridized carbons (Fsp3) is 0.545. The number of halogens is 3. The van der Waals surface area contributed by atoms with Crippen LogP contribution >= 0.6 is 0 Å². The molecule has 0 aliphatic heterocycles. The molecule has 0 unspecified atom stereocenters. The first-order chi connectivity index (χ1) is 8.35. The third-order valence-corrected chi connectivity index (χ3v) is 2.86. The zero-order chi connectivity index (χ0) is 13.3. The number of nitrogens with zero attached hydrogens (tertiary/aromatic N) is 1. The van der Waals surface area contributed by atoms with Gasteiger partial charge in [0.25, 0.3) is 5.91 Å². The first-order valence-corrected chi connectivity index (χ1v) is 5.56. The SMILES string of the molecule is O=C(NC1CC(O)C1)c1cccn1CC(F)(F)F. The van der Waals surface area contributed by atoms with E-state index in [4.69, 9.17) is 5.11 Å². The molecule has 18 heavy (non-hydrogen) atoms. The van der Waals surface area contributed by atoms with Crippen LogP contribution in [0.15, 0.2) is 18.3 Å². The van der Waals surface area contributed by atoms with Crippen molar-refractivity contribution < 1.29 is 23.1 Å². The van der Waals surface area contributed by atoms with Crippen molar-refractivity contribution in [1.82, 2.24) is 9.88 Å². The molecule has 2 rings (SSSR count). The molecule has 100 valence electrons. The summed E-state index contributed by atoms with van der Waals surface area (Å²) >= 11 is 0. The van der Waals surface area contributed by atoms with E-state index in [1.165, 1.54) is 18.3 Å². The number of carbonyl (C=O) groups is 1. The maximum absolute atomic E-state index is 12.3. The standard InChI is InChI=1S/C11H13F3N2O2/c12-11(13,14)6-16-3-1-2-9(16)10(18)15-7-4-8(17)5-7/h1-3,7-8,17H,4-6H2,(H,15,18). The van der Waals surface area contributed by atoms with Crippen molar-refractivity contribution in [3.05, 3.63) is 24.0 Å². The Kier molecular flexibility index (Phi) is 3.34. The zero-order valence-electron chi connectivity index (χ0n) is 9.44. The van der Waals surface area contributed by atoms with E-state index in [2.05, 4.69) is 5.32 Å². The monoisotopic (exact) mass is 262 g/mol. The van der Waals surface area contributed by atoms with Gasteiger partial charge in [0.1, 0.15) is 12.2 Å². The van der Waals surface area contributed by atoms with E-state index in [1.807, 2.05) is 0 Å². The van der Waals surface area contributed by atoms with Gasteiger partial charge in [-0.2, -0.15) is 13.2 Å². The smallest absolute Gasteiger partial charge is 0.393 e. The third kappa shape index (κ3) is 3.04. The molecule has 4 nitrogen and oxygen atoms in total. The Hall–Kier alpha value is -1.50. The second-order valence-corrected chi connectivity index (χ2v) is 4.43. The minimum absolute atomic E-state index is 0.0197. The number of aliphatic hydroxyl groups excluding tert-OH is 1. The Morgan fingerprint density at radius 1 is 1.50 bits per heavy atom. The number of carbonyl (C=O) groups excluding carboxylic acids is 1. The Labute approximate surface area is 101 Å². The number of aliphatic hydroxyl groups is 1. The molecular weight excluding hydrogens is 249 g/mol. The van der Waals surface area contributed by atoms with Crippen molar-refractivity contribution in [3.63, 3.8) is 0 Å². The highest BCUT2D eigenvalue weighted by Gasteiger charge is 2.31. The maximum Gasteiger partial charge on any atom is 0.406 e. The van der Waals surface area contributed by atoms with Gasteiger partial charge < -0.3 is 15.0 Å². The minimum atomic E-state index is -4.36. The largest absolute Gasteiger partial charge is 0.406 e. The summed E-state index contributed by atoms with van der Waals surface area (Å²) in [6, 6.07) is 2.59. The summed E-state index contributed by atoms with van der Waals surface area (Å²) in [5, 5.41) is 11.7. The Balaban J connectivity index is 2.00. The first-order valence-electron chi connectivity index (χ1n) is 5.56. The van der Waals surface area contributed by atoms with Crippen molar-refractivity contribution in [1.29, 1.82) is 0 Å². The summed E-state index contributed by atoms with van der Waals surface area (Å²) in [7, 11) is 0. The fourth-order valence-corrected chi connectivity index (χ4v) is 1.92. The Morgan fingerprint density at radius 2 is 2.17 bits per heavy atom. The highest BCUT2D eigenvalue weighted by atomic mass is 19.4. The Morgan fingerprint density at radius 3 is 2.72 bits per heavy atom. The van der Waals surface area contributed by atoms with E-state index < -0.39 is 24.7 Å². The number of hydrogen-bond acceptors (Lipinski definition) is 2. The molecule has 0 saturated heterocycles. The number of hydrogen-bond donors (Lipinski definition) is 2. The molecule has 1 saturated carbocycles. The van der Waals surface area contributed by atoms with Crippen molar-refractivity contribution in [3.8, 4) is 0 Å². The second-order valence-electron chi connectivity index (χ2n) is 4.43. The molecule has 7 heteroatoms. The topological polar surface area (TPSA) is 54.3 Å². The number of nitrogens with one attached hydrogen (secondary N) is 1. The molecule has 1 aliphatic rings. The molecule has 2 N–H and O–H groups in total. The summed E-state index contributed by atoms with van der Waals surface area (Å²) in [4.78, 5) is 11.7. The van der Waals surface area contributed by atoms with Crippen LogP contribution < -0.4 is 5.32 Å².